The van der Waals surface area contributed by atoms with Crippen LogP contribution in [0.2, 0.25) is 0 Å². The number of carbonyl (C=O) groups excluding carboxylic acids is 1. The Morgan fingerprint density at radius 1 is 1.33 bits per heavy atom. The smallest absolute Gasteiger partial charge is 0.258 e. The molecule has 0 saturated carbocycles. The minimum absolute atomic E-state index is 0.221. The number of carbonyl (C=O) groups is 1. The molecule has 27 heavy (non-hydrogen) atoms. The number of pyridine rings is 1. The van der Waals surface area contributed by atoms with Crippen molar-refractivity contribution in [3.8, 4) is 6.07 Å². The Labute approximate surface area is 156 Å². The van der Waals surface area contributed by atoms with Crippen molar-refractivity contribution >= 4 is 17.7 Å². The third kappa shape index (κ3) is 3.05. The van der Waals surface area contributed by atoms with Crippen LogP contribution in [0.25, 0.3) is 0 Å². The molecule has 2 aromatic rings. The fourth-order valence-electron chi connectivity index (χ4n) is 3.91. The van der Waals surface area contributed by atoms with Crippen molar-refractivity contribution in [2.75, 3.05) is 23.3 Å². The monoisotopic (exact) mass is 364 g/mol. The van der Waals surface area contributed by atoms with Crippen LogP contribution < -0.4 is 15.8 Å². The summed E-state index contributed by atoms with van der Waals surface area (Å²) in [7, 11) is 0. The number of rotatable bonds is 2. The molecule has 3 atom stereocenters. The van der Waals surface area contributed by atoms with E-state index in [2.05, 4.69) is 27.2 Å². The summed E-state index contributed by atoms with van der Waals surface area (Å²) in [5.41, 5.74) is 0.449. The number of amides is 1. The zero-order valence-electron chi connectivity index (χ0n) is 15.0. The molecule has 0 aliphatic carbocycles. The van der Waals surface area contributed by atoms with Gasteiger partial charge in [0.15, 0.2) is 0 Å². The molecule has 3 unspecified atom stereocenters. The van der Waals surface area contributed by atoms with E-state index in [1.54, 1.807) is 24.4 Å². The summed E-state index contributed by atoms with van der Waals surface area (Å²) in [4.78, 5) is 39.1. The number of aromatic nitrogens is 3. The fraction of sp³-hybridized carbons (Fsp3) is 0.421. The second-order valence-corrected chi connectivity index (χ2v) is 7.17. The van der Waals surface area contributed by atoms with Gasteiger partial charge in [0.2, 0.25) is 11.9 Å². The van der Waals surface area contributed by atoms with E-state index in [1.807, 2.05) is 11.0 Å². The number of nitrogens with zero attached hydrogens (tertiary/aromatic N) is 4. The van der Waals surface area contributed by atoms with Gasteiger partial charge in [0.25, 0.3) is 5.56 Å². The molecule has 4 rings (SSSR count). The first-order chi connectivity index (χ1) is 13.1. The van der Waals surface area contributed by atoms with Gasteiger partial charge in [-0.2, -0.15) is 10.2 Å². The molecular weight excluding hydrogens is 344 g/mol. The van der Waals surface area contributed by atoms with Gasteiger partial charge in [0, 0.05) is 19.3 Å². The normalized spacial score (nSPS) is 24.7. The highest BCUT2D eigenvalue weighted by Gasteiger charge is 2.41. The van der Waals surface area contributed by atoms with E-state index in [1.165, 1.54) is 0 Å². The molecule has 1 saturated heterocycles. The van der Waals surface area contributed by atoms with E-state index < -0.39 is 17.7 Å². The second kappa shape index (κ2) is 6.83. The van der Waals surface area contributed by atoms with Crippen LogP contribution in [0.4, 0.5) is 11.8 Å². The van der Waals surface area contributed by atoms with E-state index in [9.17, 15) is 14.9 Å². The summed E-state index contributed by atoms with van der Waals surface area (Å²) >= 11 is 0. The number of hydrogen-bond donors (Lipinski definition) is 2. The number of anilines is 2. The molecule has 0 radical (unpaired) electrons. The summed E-state index contributed by atoms with van der Waals surface area (Å²) in [5, 5.41) is 12.2. The third-order valence-electron chi connectivity index (χ3n) is 5.21. The molecule has 2 N–H and O–H groups in total. The number of nitrogens with one attached hydrogen (secondary N) is 2. The van der Waals surface area contributed by atoms with Crippen molar-refractivity contribution < 1.29 is 4.79 Å². The highest BCUT2D eigenvalue weighted by Crippen LogP contribution is 2.37. The van der Waals surface area contributed by atoms with E-state index in [4.69, 9.17) is 0 Å². The molecule has 2 aliphatic heterocycles. The van der Waals surface area contributed by atoms with Crippen LogP contribution in [0.15, 0.2) is 29.2 Å². The molecule has 2 aromatic heterocycles. The van der Waals surface area contributed by atoms with Crippen molar-refractivity contribution in [3.63, 3.8) is 0 Å². The van der Waals surface area contributed by atoms with Crippen molar-refractivity contribution in [2.24, 2.45) is 11.8 Å². The lowest BCUT2D eigenvalue weighted by atomic mass is 9.81. The Hall–Kier alpha value is -3.21. The van der Waals surface area contributed by atoms with E-state index in [-0.39, 0.29) is 16.9 Å². The quantitative estimate of drug-likeness (QED) is 0.837. The third-order valence-corrected chi connectivity index (χ3v) is 5.21. The number of nitriles is 1. The Balaban J connectivity index is 1.82. The molecule has 2 aliphatic rings. The zero-order valence-corrected chi connectivity index (χ0v) is 15.0. The van der Waals surface area contributed by atoms with Gasteiger partial charge in [0.05, 0.1) is 23.2 Å². The standard InChI is InChI=1S/C19H20N6O2/c1-11-5-4-8-25(10-11)19-23-16-15(18(27)24-19)14(12(9-20)17(26)22-16)13-6-2-3-7-21-13/h2-3,6-7,11-12,14H,4-5,8,10H2,1H3,(H2,22,23,24,26,27). The average molecular weight is 364 g/mol. The van der Waals surface area contributed by atoms with E-state index in [0.29, 0.717) is 17.6 Å². The van der Waals surface area contributed by atoms with Crippen molar-refractivity contribution in [3.05, 3.63) is 46.0 Å². The maximum atomic E-state index is 13.0. The molecular formula is C19H20N6O2. The lowest BCUT2D eigenvalue weighted by Gasteiger charge is -2.33. The van der Waals surface area contributed by atoms with Gasteiger partial charge < -0.3 is 10.2 Å². The molecule has 0 aromatic carbocycles. The minimum Gasteiger partial charge on any atom is -0.342 e. The van der Waals surface area contributed by atoms with Crippen LogP contribution in [0.5, 0.6) is 0 Å². The van der Waals surface area contributed by atoms with Crippen LogP contribution in [0.1, 0.15) is 36.9 Å². The van der Waals surface area contributed by atoms with Gasteiger partial charge >= 0.3 is 0 Å². The summed E-state index contributed by atoms with van der Waals surface area (Å²) in [6.45, 7) is 3.78. The van der Waals surface area contributed by atoms with Crippen LogP contribution in [-0.2, 0) is 4.79 Å². The molecule has 1 amide bonds. The Kier molecular flexibility index (Phi) is 4.36. The Morgan fingerprint density at radius 2 is 2.19 bits per heavy atom. The molecule has 0 bridgehead atoms. The largest absolute Gasteiger partial charge is 0.342 e. The summed E-state index contributed by atoms with van der Waals surface area (Å²) < 4.78 is 0. The maximum Gasteiger partial charge on any atom is 0.258 e. The van der Waals surface area contributed by atoms with Crippen LogP contribution in [0, 0.1) is 23.2 Å². The fourth-order valence-corrected chi connectivity index (χ4v) is 3.91. The van der Waals surface area contributed by atoms with Crippen molar-refractivity contribution in [1.29, 1.82) is 5.26 Å². The summed E-state index contributed by atoms with van der Waals surface area (Å²) in [6, 6.07) is 7.25. The van der Waals surface area contributed by atoms with Crippen LogP contribution >= 0.6 is 0 Å². The number of fused-ring (bicyclic) bond motifs is 1. The highest BCUT2D eigenvalue weighted by molar-refractivity contribution is 5.97. The van der Waals surface area contributed by atoms with Crippen LogP contribution in [-0.4, -0.2) is 33.9 Å². The average Bonchev–Trinajstić information content (AvgIpc) is 2.67. The van der Waals surface area contributed by atoms with Gasteiger partial charge in [-0.05, 0) is 30.9 Å². The predicted octanol–water partition coefficient (Wildman–Crippen LogP) is 1.62. The molecule has 8 nitrogen and oxygen atoms in total. The van der Waals surface area contributed by atoms with Gasteiger partial charge in [-0.25, -0.2) is 0 Å². The molecule has 1 fully saturated rings. The summed E-state index contributed by atoms with van der Waals surface area (Å²) in [5.74, 6) is -1.04. The number of hydrogen-bond acceptors (Lipinski definition) is 6. The van der Waals surface area contributed by atoms with Crippen molar-refractivity contribution in [2.45, 2.75) is 25.7 Å². The van der Waals surface area contributed by atoms with Gasteiger partial charge in [-0.3, -0.25) is 19.6 Å². The van der Waals surface area contributed by atoms with Gasteiger partial charge in [-0.15, -0.1) is 0 Å². The first-order valence-electron chi connectivity index (χ1n) is 9.09. The zero-order chi connectivity index (χ0) is 19.0. The molecule has 8 heteroatoms. The second-order valence-electron chi connectivity index (χ2n) is 7.17. The Morgan fingerprint density at radius 3 is 2.89 bits per heavy atom. The molecule has 138 valence electrons. The summed E-state index contributed by atoms with van der Waals surface area (Å²) in [6.07, 6.45) is 3.76. The maximum absolute atomic E-state index is 13.0. The topological polar surface area (TPSA) is 115 Å². The predicted molar refractivity (Wildman–Crippen MR) is 99.3 cm³/mol. The van der Waals surface area contributed by atoms with Gasteiger partial charge in [-0.1, -0.05) is 13.0 Å². The van der Waals surface area contributed by atoms with Crippen molar-refractivity contribution in [1.82, 2.24) is 15.0 Å². The Bertz CT molecular complexity index is 964. The van der Waals surface area contributed by atoms with E-state index >= 15 is 0 Å². The number of piperidine rings is 1. The lowest BCUT2D eigenvalue weighted by Crippen LogP contribution is -2.41. The first-order valence-corrected chi connectivity index (χ1v) is 9.09. The minimum atomic E-state index is -1.03. The number of aromatic amines is 1. The molecule has 0 spiro atoms. The first kappa shape index (κ1) is 17.2. The highest BCUT2D eigenvalue weighted by atomic mass is 16.2. The van der Waals surface area contributed by atoms with Crippen LogP contribution in [0.3, 0.4) is 0 Å². The molecule has 4 heterocycles. The van der Waals surface area contributed by atoms with Gasteiger partial charge in [0.1, 0.15) is 11.7 Å². The lowest BCUT2D eigenvalue weighted by molar-refractivity contribution is -0.119. The van der Waals surface area contributed by atoms with E-state index in [0.717, 1.165) is 25.9 Å². The number of H-pyrrole nitrogens is 1. The SMILES string of the molecule is CC1CCCN(c2nc3c(c(=O)[nH]2)C(c2ccccn2)C(C#N)C(=O)N3)C1.